The molecule has 0 saturated heterocycles. The molecule has 0 unspecified atom stereocenters. The number of nitrogen functional groups attached to an aromatic ring is 1. The van der Waals surface area contributed by atoms with Crippen LogP contribution in [0, 0.1) is 0 Å². The van der Waals surface area contributed by atoms with E-state index in [0.717, 1.165) is 13.0 Å². The van der Waals surface area contributed by atoms with Gasteiger partial charge in [0.1, 0.15) is 12.0 Å². The van der Waals surface area contributed by atoms with Crippen LogP contribution in [0.25, 0.3) is 0 Å². The predicted molar refractivity (Wildman–Crippen MR) is 83.3 cm³/mol. The molecule has 2 rings (SSSR count). The van der Waals surface area contributed by atoms with Crippen LogP contribution >= 0.6 is 11.3 Å². The normalized spacial score (nSPS) is 10.4. The molecule has 0 saturated carbocycles. The van der Waals surface area contributed by atoms with Gasteiger partial charge in [0.05, 0.1) is 6.61 Å². The number of nitrogens with one attached hydrogen (secondary N) is 2. The smallest absolute Gasteiger partial charge is 0.154 e. The van der Waals surface area contributed by atoms with Gasteiger partial charge in [-0.3, -0.25) is 0 Å². The van der Waals surface area contributed by atoms with Crippen molar-refractivity contribution in [2.45, 2.75) is 6.42 Å². The molecule has 0 amide bonds. The Bertz CT molecular complexity index is 517. The SMILES string of the molecule is COCCNc1ncnc(NCCc2cccs2)c1N. The summed E-state index contributed by atoms with van der Waals surface area (Å²) in [5.41, 5.74) is 6.57. The van der Waals surface area contributed by atoms with Crippen molar-refractivity contribution in [3.8, 4) is 0 Å². The maximum atomic E-state index is 6.04. The van der Waals surface area contributed by atoms with E-state index in [1.807, 2.05) is 0 Å². The summed E-state index contributed by atoms with van der Waals surface area (Å²) in [4.78, 5) is 9.64. The van der Waals surface area contributed by atoms with E-state index < -0.39 is 0 Å². The molecule has 20 heavy (non-hydrogen) atoms. The van der Waals surface area contributed by atoms with Gasteiger partial charge in [-0.25, -0.2) is 9.97 Å². The standard InChI is InChI=1S/C13H19N5OS/c1-19-7-6-16-13-11(14)12(17-9-18-13)15-5-4-10-3-2-8-20-10/h2-3,8-9H,4-7,14H2,1H3,(H2,15,16,17,18). The zero-order chi connectivity index (χ0) is 14.2. The van der Waals surface area contributed by atoms with Crippen molar-refractivity contribution in [2.24, 2.45) is 0 Å². The number of ether oxygens (including phenoxy) is 1. The number of nitrogens with zero attached hydrogens (tertiary/aromatic N) is 2. The van der Waals surface area contributed by atoms with Gasteiger partial charge in [0.25, 0.3) is 0 Å². The van der Waals surface area contributed by atoms with Gasteiger partial charge in [-0.05, 0) is 17.9 Å². The van der Waals surface area contributed by atoms with Crippen LogP contribution < -0.4 is 16.4 Å². The molecule has 2 heterocycles. The Hall–Kier alpha value is -1.86. The first kappa shape index (κ1) is 14.5. The Morgan fingerprint density at radius 3 is 2.65 bits per heavy atom. The van der Waals surface area contributed by atoms with Gasteiger partial charge in [-0.2, -0.15) is 0 Å². The number of methoxy groups -OCH3 is 1. The van der Waals surface area contributed by atoms with Gasteiger partial charge in [0.2, 0.25) is 0 Å². The fourth-order valence-corrected chi connectivity index (χ4v) is 2.42. The van der Waals surface area contributed by atoms with Crippen molar-refractivity contribution in [3.05, 3.63) is 28.7 Å². The highest BCUT2D eigenvalue weighted by atomic mass is 32.1. The largest absolute Gasteiger partial charge is 0.393 e. The van der Waals surface area contributed by atoms with Crippen molar-refractivity contribution in [1.82, 2.24) is 9.97 Å². The molecule has 7 heteroatoms. The quantitative estimate of drug-likeness (QED) is 0.644. The summed E-state index contributed by atoms with van der Waals surface area (Å²) in [6.45, 7) is 2.05. The van der Waals surface area contributed by atoms with Crippen LogP contribution in [0.15, 0.2) is 23.8 Å². The average Bonchev–Trinajstić information content (AvgIpc) is 2.96. The van der Waals surface area contributed by atoms with E-state index >= 15 is 0 Å². The van der Waals surface area contributed by atoms with Gasteiger partial charge in [0.15, 0.2) is 11.6 Å². The monoisotopic (exact) mass is 293 g/mol. The Kier molecular flexibility index (Phi) is 5.57. The van der Waals surface area contributed by atoms with E-state index in [4.69, 9.17) is 10.5 Å². The summed E-state index contributed by atoms with van der Waals surface area (Å²) in [6.07, 6.45) is 2.45. The van der Waals surface area contributed by atoms with Crippen LogP contribution in [-0.4, -0.2) is 36.8 Å². The molecule has 0 aliphatic heterocycles. The molecule has 0 atom stereocenters. The molecule has 0 bridgehead atoms. The number of hydrogen-bond acceptors (Lipinski definition) is 7. The zero-order valence-corrected chi connectivity index (χ0v) is 12.2. The molecule has 2 aromatic rings. The van der Waals surface area contributed by atoms with Gasteiger partial charge in [-0.1, -0.05) is 6.07 Å². The van der Waals surface area contributed by atoms with Crippen LogP contribution in [0.2, 0.25) is 0 Å². The number of thiophene rings is 1. The first-order valence-electron chi connectivity index (χ1n) is 6.41. The topological polar surface area (TPSA) is 85.1 Å². The molecular formula is C13H19N5OS. The van der Waals surface area contributed by atoms with Crippen LogP contribution in [0.3, 0.4) is 0 Å². The highest BCUT2D eigenvalue weighted by Crippen LogP contribution is 2.22. The second-order valence-corrected chi connectivity index (χ2v) is 5.19. The summed E-state index contributed by atoms with van der Waals surface area (Å²) < 4.78 is 4.98. The summed E-state index contributed by atoms with van der Waals surface area (Å²) >= 11 is 1.75. The molecule has 0 radical (unpaired) electrons. The summed E-state index contributed by atoms with van der Waals surface area (Å²) in [5.74, 6) is 1.30. The summed E-state index contributed by atoms with van der Waals surface area (Å²) in [6, 6.07) is 4.17. The Morgan fingerprint density at radius 2 is 2.00 bits per heavy atom. The van der Waals surface area contributed by atoms with E-state index in [2.05, 4.69) is 38.1 Å². The number of nitrogens with two attached hydrogens (primary N) is 1. The Morgan fingerprint density at radius 1 is 1.25 bits per heavy atom. The predicted octanol–water partition coefficient (Wildman–Crippen LogP) is 1.83. The van der Waals surface area contributed by atoms with Crippen LogP contribution in [0.5, 0.6) is 0 Å². The maximum Gasteiger partial charge on any atom is 0.154 e. The van der Waals surface area contributed by atoms with Crippen molar-refractivity contribution < 1.29 is 4.74 Å². The van der Waals surface area contributed by atoms with Gasteiger partial charge >= 0.3 is 0 Å². The number of anilines is 3. The number of rotatable bonds is 8. The zero-order valence-electron chi connectivity index (χ0n) is 11.4. The fourth-order valence-electron chi connectivity index (χ4n) is 1.71. The first-order chi connectivity index (χ1) is 9.81. The van der Waals surface area contributed by atoms with Crippen molar-refractivity contribution in [2.75, 3.05) is 43.2 Å². The summed E-state index contributed by atoms with van der Waals surface area (Å²) in [5, 5.41) is 8.44. The lowest BCUT2D eigenvalue weighted by Crippen LogP contribution is -2.14. The van der Waals surface area contributed by atoms with Gasteiger partial charge in [-0.15, -0.1) is 11.3 Å². The lowest BCUT2D eigenvalue weighted by Gasteiger charge is -2.12. The highest BCUT2D eigenvalue weighted by molar-refractivity contribution is 7.09. The molecule has 0 aromatic carbocycles. The minimum Gasteiger partial charge on any atom is -0.393 e. The van der Waals surface area contributed by atoms with E-state index in [-0.39, 0.29) is 0 Å². The minimum atomic E-state index is 0.537. The number of hydrogen-bond donors (Lipinski definition) is 3. The first-order valence-corrected chi connectivity index (χ1v) is 7.28. The molecule has 4 N–H and O–H groups in total. The highest BCUT2D eigenvalue weighted by Gasteiger charge is 2.07. The molecule has 108 valence electrons. The van der Waals surface area contributed by atoms with E-state index in [0.29, 0.717) is 30.5 Å². The lowest BCUT2D eigenvalue weighted by atomic mass is 10.3. The lowest BCUT2D eigenvalue weighted by molar-refractivity contribution is 0.210. The summed E-state index contributed by atoms with van der Waals surface area (Å²) in [7, 11) is 1.66. The minimum absolute atomic E-state index is 0.537. The van der Waals surface area contributed by atoms with Gasteiger partial charge < -0.3 is 21.1 Å². The van der Waals surface area contributed by atoms with E-state index in [1.165, 1.54) is 11.2 Å². The van der Waals surface area contributed by atoms with Crippen molar-refractivity contribution in [1.29, 1.82) is 0 Å². The number of aromatic nitrogens is 2. The molecule has 0 aliphatic carbocycles. The second kappa shape index (κ2) is 7.66. The van der Waals surface area contributed by atoms with Gasteiger partial charge in [0, 0.05) is 25.1 Å². The molecule has 0 aliphatic rings. The third kappa shape index (κ3) is 4.07. The van der Waals surface area contributed by atoms with Crippen molar-refractivity contribution in [3.63, 3.8) is 0 Å². The van der Waals surface area contributed by atoms with E-state index in [1.54, 1.807) is 18.4 Å². The third-order valence-electron chi connectivity index (χ3n) is 2.73. The molecular weight excluding hydrogens is 274 g/mol. The second-order valence-electron chi connectivity index (χ2n) is 4.16. The van der Waals surface area contributed by atoms with E-state index in [9.17, 15) is 0 Å². The molecule has 6 nitrogen and oxygen atoms in total. The Balaban J connectivity index is 1.88. The maximum absolute atomic E-state index is 6.04. The van der Waals surface area contributed by atoms with Crippen LogP contribution in [0.4, 0.5) is 17.3 Å². The Labute approximate surface area is 122 Å². The molecule has 0 fully saturated rings. The van der Waals surface area contributed by atoms with Crippen molar-refractivity contribution >= 4 is 28.7 Å². The van der Waals surface area contributed by atoms with Crippen LogP contribution in [0.1, 0.15) is 4.88 Å². The molecule has 0 spiro atoms. The third-order valence-corrected chi connectivity index (χ3v) is 3.66. The van der Waals surface area contributed by atoms with Crippen LogP contribution in [-0.2, 0) is 11.2 Å². The average molecular weight is 293 g/mol. The molecule has 2 aromatic heterocycles. The fraction of sp³-hybridized carbons (Fsp3) is 0.385.